The Kier molecular flexibility index (Phi) is 6.68. The van der Waals surface area contributed by atoms with Crippen LogP contribution in [0.2, 0.25) is 0 Å². The number of benzene rings is 2. The fraction of sp³-hybridized carbons (Fsp3) is 0.320. The van der Waals surface area contributed by atoms with E-state index in [2.05, 4.69) is 15.1 Å². The van der Waals surface area contributed by atoms with Gasteiger partial charge >= 0.3 is 20.0 Å². The van der Waals surface area contributed by atoms with E-state index in [1.807, 2.05) is 67.6 Å². The summed E-state index contributed by atoms with van der Waals surface area (Å²) in [5.74, 6) is -1.48. The number of amides is 4. The Bertz CT molecular complexity index is 1250. The maximum absolute atomic E-state index is 13.4. The summed E-state index contributed by atoms with van der Waals surface area (Å²) >= 11 is 1.08. The number of thioether (sulfide) groups is 1. The first-order chi connectivity index (χ1) is 17.8. The lowest BCUT2D eigenvalue weighted by Crippen LogP contribution is -2.67. The number of hydrogen-bond acceptors (Lipinski definition) is 7. The van der Waals surface area contributed by atoms with Gasteiger partial charge in [-0.25, -0.2) is 9.80 Å². The molecule has 2 radical (unpaired) electrons. The van der Waals surface area contributed by atoms with E-state index in [0.717, 1.165) is 22.9 Å². The third-order valence-electron chi connectivity index (χ3n) is 6.65. The molecule has 0 aromatic heterocycles. The van der Waals surface area contributed by atoms with E-state index >= 15 is 0 Å². The lowest BCUT2D eigenvalue weighted by atomic mass is 10.0. The van der Waals surface area contributed by atoms with E-state index in [1.165, 1.54) is 14.8 Å². The van der Waals surface area contributed by atoms with E-state index in [0.29, 0.717) is 0 Å². The highest BCUT2D eigenvalue weighted by Crippen LogP contribution is 2.50. The van der Waals surface area contributed by atoms with Gasteiger partial charge in [-0.05, 0) is 18.1 Å². The van der Waals surface area contributed by atoms with Gasteiger partial charge in [0.2, 0.25) is 16.7 Å². The molecule has 12 heteroatoms. The predicted molar refractivity (Wildman–Crippen MR) is 137 cm³/mol. The summed E-state index contributed by atoms with van der Waals surface area (Å²) in [6.45, 7) is 1.89. The number of urea groups is 1. The molecule has 1 N–H and O–H groups in total. The first-order valence-corrected chi connectivity index (χ1v) is 12.6. The van der Waals surface area contributed by atoms with Gasteiger partial charge in [0.15, 0.2) is 0 Å². The van der Waals surface area contributed by atoms with Crippen molar-refractivity contribution in [2.45, 2.75) is 35.7 Å². The minimum absolute atomic E-state index is 0.100. The minimum atomic E-state index is -1.56. The quantitative estimate of drug-likeness (QED) is 0.335. The topological polar surface area (TPSA) is 112 Å². The predicted octanol–water partition coefficient (Wildman–Crippen LogP) is 1.11. The molecule has 2 aromatic carbocycles. The van der Waals surface area contributed by atoms with Crippen molar-refractivity contribution in [1.29, 1.82) is 0 Å². The molecule has 3 fully saturated rings. The monoisotopic (exact) mass is 517 g/mol. The zero-order chi connectivity index (χ0) is 26.2. The number of carbonyl (C=O) groups is 4. The molecular formula is C25H24BN5O5S. The Morgan fingerprint density at radius 1 is 1.16 bits per heavy atom. The van der Waals surface area contributed by atoms with Crippen LogP contribution in [0.15, 0.2) is 65.8 Å². The molecule has 3 aliphatic heterocycles. The first-order valence-electron chi connectivity index (χ1n) is 11.8. The normalized spacial score (nSPS) is 26.8. The van der Waals surface area contributed by atoms with Crippen molar-refractivity contribution >= 4 is 49.8 Å². The third kappa shape index (κ3) is 4.46. The Labute approximate surface area is 219 Å². The summed E-state index contributed by atoms with van der Waals surface area (Å²) in [4.78, 5) is 53.2. The molecule has 3 saturated heterocycles. The smallest absolute Gasteiger partial charge is 0.378 e. The van der Waals surface area contributed by atoms with Gasteiger partial charge in [-0.1, -0.05) is 72.4 Å². The van der Waals surface area contributed by atoms with Gasteiger partial charge in [0.1, 0.15) is 11.4 Å². The van der Waals surface area contributed by atoms with E-state index in [-0.39, 0.29) is 37.4 Å². The average Bonchev–Trinajstić information content (AvgIpc) is 3.42. The number of hydrogen-bond donors (Lipinski definition) is 1. The van der Waals surface area contributed by atoms with Crippen LogP contribution in [0, 0.1) is 0 Å². The number of rotatable bonds is 7. The van der Waals surface area contributed by atoms with Gasteiger partial charge in [0, 0.05) is 6.54 Å². The number of β-lactam (4-membered cyclic amide) rings is 1. The minimum Gasteiger partial charge on any atom is -0.541 e. The highest BCUT2D eigenvalue weighted by atomic mass is 32.2. The fourth-order valence-corrected chi connectivity index (χ4v) is 6.42. The van der Waals surface area contributed by atoms with E-state index in [9.17, 15) is 19.2 Å². The number of nitrogens with one attached hydrogen (secondary N) is 1. The van der Waals surface area contributed by atoms with Crippen LogP contribution in [0.1, 0.15) is 18.1 Å². The fourth-order valence-electron chi connectivity index (χ4n) is 4.76. The van der Waals surface area contributed by atoms with Crippen LogP contribution >= 0.6 is 11.8 Å². The Hall–Kier alpha value is -3.80. The van der Waals surface area contributed by atoms with Crippen molar-refractivity contribution in [3.8, 4) is 0 Å². The molecule has 3 aliphatic rings. The van der Waals surface area contributed by atoms with E-state index < -0.39 is 28.3 Å². The Balaban J connectivity index is 1.32. The molecule has 10 nitrogen and oxygen atoms in total. The van der Waals surface area contributed by atoms with Crippen molar-refractivity contribution in [2.24, 2.45) is 5.10 Å². The molecule has 0 unspecified atom stereocenters. The standard InChI is InChI=1S/C25H24BN5O5S/c1-16-14-30(24(35)31(16)27-13-18-10-6-3-7-11-18)25(23(34)36-26)15-29-21(33)20(22(29)37-25)28-19(32)12-17-8-4-2-5-9-17/h2-11,13,16,20,22H,12,14-15H2,1H3,(H,28,32)/b27-13+/t16-,20-,22-,25-/m1/s1. The van der Waals surface area contributed by atoms with Crippen molar-refractivity contribution in [3.63, 3.8) is 0 Å². The molecule has 0 spiro atoms. The lowest BCUT2D eigenvalue weighted by molar-refractivity contribution is -0.150. The van der Waals surface area contributed by atoms with Crippen LogP contribution in [-0.4, -0.2) is 88.3 Å². The second-order valence-corrected chi connectivity index (χ2v) is 10.5. The molecule has 4 amide bonds. The van der Waals surface area contributed by atoms with Crippen molar-refractivity contribution in [2.75, 3.05) is 13.1 Å². The van der Waals surface area contributed by atoms with Gasteiger partial charge in [-0.3, -0.25) is 19.3 Å². The molecule has 188 valence electrons. The maximum Gasteiger partial charge on any atom is 0.378 e. The number of fused-ring (bicyclic) bond motifs is 1. The second kappa shape index (κ2) is 9.93. The van der Waals surface area contributed by atoms with E-state index in [1.54, 1.807) is 6.21 Å². The third-order valence-corrected chi connectivity index (χ3v) is 8.32. The van der Waals surface area contributed by atoms with Crippen LogP contribution < -0.4 is 5.32 Å². The van der Waals surface area contributed by atoms with Crippen LogP contribution in [0.25, 0.3) is 0 Å². The summed E-state index contributed by atoms with van der Waals surface area (Å²) in [7, 11) is 5.28. The highest BCUT2D eigenvalue weighted by molar-refractivity contribution is 8.02. The Morgan fingerprint density at radius 2 is 1.84 bits per heavy atom. The average molecular weight is 517 g/mol. The summed E-state index contributed by atoms with van der Waals surface area (Å²) in [5, 5.41) is 7.87. The van der Waals surface area contributed by atoms with Gasteiger partial charge in [0.25, 0.3) is 0 Å². The van der Waals surface area contributed by atoms with Gasteiger partial charge in [-0.15, -0.1) is 0 Å². The highest BCUT2D eigenvalue weighted by Gasteiger charge is 2.67. The van der Waals surface area contributed by atoms with Crippen LogP contribution in [0.3, 0.4) is 0 Å². The van der Waals surface area contributed by atoms with Gasteiger partial charge in [0.05, 0.1) is 25.2 Å². The largest absolute Gasteiger partial charge is 0.541 e. The maximum atomic E-state index is 13.4. The van der Waals surface area contributed by atoms with Gasteiger partial charge in [-0.2, -0.15) is 5.10 Å². The molecule has 4 atom stereocenters. The molecule has 5 rings (SSSR count). The zero-order valence-corrected chi connectivity index (χ0v) is 20.8. The number of hydrazone groups is 1. The van der Waals surface area contributed by atoms with Crippen LogP contribution in [0.4, 0.5) is 4.79 Å². The number of nitrogens with zero attached hydrogens (tertiary/aromatic N) is 4. The molecule has 37 heavy (non-hydrogen) atoms. The molecule has 0 aliphatic carbocycles. The van der Waals surface area contributed by atoms with Gasteiger partial charge < -0.3 is 14.9 Å². The Morgan fingerprint density at radius 3 is 2.51 bits per heavy atom. The second-order valence-electron chi connectivity index (χ2n) is 9.11. The zero-order valence-electron chi connectivity index (χ0n) is 20.0. The molecule has 0 bridgehead atoms. The molecule has 0 saturated carbocycles. The van der Waals surface area contributed by atoms with Crippen LogP contribution in [-0.2, 0) is 25.5 Å². The lowest BCUT2D eigenvalue weighted by Gasteiger charge is -2.41. The summed E-state index contributed by atoms with van der Waals surface area (Å²) in [6, 6.07) is 16.8. The first kappa shape index (κ1) is 24.9. The molecular weight excluding hydrogens is 493 g/mol. The SMILES string of the molecule is [B]OC(=O)[C@@]1(N2C[C@@H](C)N(/N=C/c3ccccc3)C2=O)CN2C(=O)[C@@H](NC(=O)Cc3ccccc3)[C@H]2S1. The van der Waals surface area contributed by atoms with Crippen molar-refractivity contribution in [3.05, 3.63) is 71.8 Å². The summed E-state index contributed by atoms with van der Waals surface area (Å²) in [5.41, 5.74) is 1.63. The summed E-state index contributed by atoms with van der Waals surface area (Å²) in [6.07, 6.45) is 1.69. The number of carbonyl (C=O) groups excluding carboxylic acids is 4. The molecule has 2 aromatic rings. The van der Waals surface area contributed by atoms with Crippen molar-refractivity contribution in [1.82, 2.24) is 20.1 Å². The van der Waals surface area contributed by atoms with E-state index in [4.69, 9.17) is 8.05 Å². The van der Waals surface area contributed by atoms with Crippen molar-refractivity contribution < 1.29 is 23.8 Å². The molecule has 3 heterocycles. The van der Waals surface area contributed by atoms with Crippen LogP contribution in [0.5, 0.6) is 0 Å². The summed E-state index contributed by atoms with van der Waals surface area (Å²) < 4.78 is 4.62.